The lowest BCUT2D eigenvalue weighted by Gasteiger charge is -2.19. The first-order chi connectivity index (χ1) is 13.4. The largest absolute Gasteiger partial charge is 0.379 e. The molecule has 1 aliphatic heterocycles. The smallest absolute Gasteiger partial charge is 0.220 e. The van der Waals surface area contributed by atoms with E-state index in [1.165, 1.54) is 16.7 Å². The van der Waals surface area contributed by atoms with E-state index >= 15 is 0 Å². The van der Waals surface area contributed by atoms with Crippen LogP contribution in [0.4, 0.5) is 0 Å². The first-order valence-corrected chi connectivity index (χ1v) is 10.3. The van der Waals surface area contributed by atoms with E-state index in [9.17, 15) is 4.79 Å². The zero-order chi connectivity index (χ0) is 20.0. The van der Waals surface area contributed by atoms with Gasteiger partial charge >= 0.3 is 0 Å². The molecular formula is C24H32N2O2. The molecule has 0 unspecified atom stereocenters. The minimum absolute atomic E-state index is 0.103. The second-order valence-corrected chi connectivity index (χ2v) is 8.83. The lowest BCUT2D eigenvalue weighted by Crippen LogP contribution is -2.40. The van der Waals surface area contributed by atoms with E-state index in [1.807, 2.05) is 24.5 Å². The SMILES string of the molecule is CC(C)(C)c1ccc(CCCC(=O)N[C@H]2COC[C@H]2Cc2ccncc2)cc1. The Morgan fingerprint density at radius 3 is 2.46 bits per heavy atom. The third-order valence-corrected chi connectivity index (χ3v) is 5.48. The van der Waals surface area contributed by atoms with Crippen molar-refractivity contribution >= 4 is 5.91 Å². The van der Waals surface area contributed by atoms with Gasteiger partial charge in [0, 0.05) is 24.7 Å². The standard InChI is InChI=1S/C24H32N2O2/c1-24(2,3)21-9-7-18(8-10-21)5-4-6-23(27)26-22-17-28-16-20(22)15-19-11-13-25-14-12-19/h7-14,20,22H,4-6,15-17H2,1-3H3,(H,26,27)/t20-,22+/m1/s1. The summed E-state index contributed by atoms with van der Waals surface area (Å²) in [6.07, 6.45) is 6.88. The van der Waals surface area contributed by atoms with E-state index in [2.05, 4.69) is 55.3 Å². The Morgan fingerprint density at radius 1 is 1.07 bits per heavy atom. The van der Waals surface area contributed by atoms with Crippen LogP contribution in [0.3, 0.4) is 0 Å². The van der Waals surface area contributed by atoms with Gasteiger partial charge in [-0.15, -0.1) is 0 Å². The summed E-state index contributed by atoms with van der Waals surface area (Å²) in [4.78, 5) is 16.5. The molecule has 0 radical (unpaired) electrons. The number of benzene rings is 1. The number of pyridine rings is 1. The van der Waals surface area contributed by atoms with Gasteiger partial charge in [-0.3, -0.25) is 9.78 Å². The molecule has 2 heterocycles. The average molecular weight is 381 g/mol. The van der Waals surface area contributed by atoms with Crippen molar-refractivity contribution in [1.82, 2.24) is 10.3 Å². The summed E-state index contributed by atoms with van der Waals surface area (Å²) < 4.78 is 5.62. The molecule has 28 heavy (non-hydrogen) atoms. The lowest BCUT2D eigenvalue weighted by atomic mass is 9.86. The van der Waals surface area contributed by atoms with E-state index in [0.29, 0.717) is 25.6 Å². The fourth-order valence-electron chi connectivity index (χ4n) is 3.68. The maximum atomic E-state index is 12.4. The molecule has 1 aromatic carbocycles. The maximum absolute atomic E-state index is 12.4. The van der Waals surface area contributed by atoms with Gasteiger partial charge in [0.15, 0.2) is 0 Å². The fourth-order valence-corrected chi connectivity index (χ4v) is 3.68. The minimum Gasteiger partial charge on any atom is -0.379 e. The highest BCUT2D eigenvalue weighted by atomic mass is 16.5. The zero-order valence-electron chi connectivity index (χ0n) is 17.3. The second kappa shape index (κ2) is 9.33. The van der Waals surface area contributed by atoms with Crippen LogP contribution < -0.4 is 5.32 Å². The summed E-state index contributed by atoms with van der Waals surface area (Å²) in [5.74, 6) is 0.456. The lowest BCUT2D eigenvalue weighted by molar-refractivity contribution is -0.122. The van der Waals surface area contributed by atoms with Gasteiger partial charge in [0.2, 0.25) is 5.91 Å². The van der Waals surface area contributed by atoms with Crippen molar-refractivity contribution in [2.45, 2.75) is 57.9 Å². The van der Waals surface area contributed by atoms with E-state index in [0.717, 1.165) is 19.3 Å². The van der Waals surface area contributed by atoms with E-state index < -0.39 is 0 Å². The highest BCUT2D eigenvalue weighted by Crippen LogP contribution is 2.23. The van der Waals surface area contributed by atoms with Gasteiger partial charge in [-0.2, -0.15) is 0 Å². The molecule has 4 heteroatoms. The molecule has 0 saturated carbocycles. The van der Waals surface area contributed by atoms with Crippen molar-refractivity contribution in [3.05, 3.63) is 65.5 Å². The van der Waals surface area contributed by atoms with Crippen molar-refractivity contribution in [1.29, 1.82) is 0 Å². The third-order valence-electron chi connectivity index (χ3n) is 5.48. The topological polar surface area (TPSA) is 51.2 Å². The number of carbonyl (C=O) groups excluding carboxylic acids is 1. The van der Waals surface area contributed by atoms with Crippen LogP contribution in [0.5, 0.6) is 0 Å². The number of aryl methyl sites for hydroxylation is 1. The summed E-state index contributed by atoms with van der Waals surface area (Å²) >= 11 is 0. The fraction of sp³-hybridized carbons (Fsp3) is 0.500. The van der Waals surface area contributed by atoms with E-state index in [1.54, 1.807) is 0 Å². The number of ether oxygens (including phenoxy) is 1. The number of aromatic nitrogens is 1. The Bertz CT molecular complexity index is 750. The predicted molar refractivity (Wildman–Crippen MR) is 112 cm³/mol. The van der Waals surface area contributed by atoms with Crippen molar-refractivity contribution < 1.29 is 9.53 Å². The Hall–Kier alpha value is -2.20. The summed E-state index contributed by atoms with van der Waals surface area (Å²) in [5.41, 5.74) is 4.05. The van der Waals surface area contributed by atoms with E-state index in [-0.39, 0.29) is 17.4 Å². The normalized spacial score (nSPS) is 19.5. The number of hydrogen-bond donors (Lipinski definition) is 1. The molecule has 1 amide bonds. The van der Waals surface area contributed by atoms with Crippen LogP contribution >= 0.6 is 0 Å². The van der Waals surface area contributed by atoms with Gasteiger partial charge in [-0.05, 0) is 53.5 Å². The highest BCUT2D eigenvalue weighted by molar-refractivity contribution is 5.76. The molecule has 150 valence electrons. The second-order valence-electron chi connectivity index (χ2n) is 8.83. The third kappa shape index (κ3) is 5.90. The van der Waals surface area contributed by atoms with Gasteiger partial charge in [-0.25, -0.2) is 0 Å². The van der Waals surface area contributed by atoms with Gasteiger partial charge in [0.05, 0.1) is 19.3 Å². The molecule has 3 rings (SSSR count). The van der Waals surface area contributed by atoms with Gasteiger partial charge in [0.25, 0.3) is 0 Å². The molecule has 1 aliphatic rings. The van der Waals surface area contributed by atoms with Crippen LogP contribution in [-0.2, 0) is 27.8 Å². The van der Waals surface area contributed by atoms with Gasteiger partial charge in [0.1, 0.15) is 0 Å². The quantitative estimate of drug-likeness (QED) is 0.788. The molecule has 0 bridgehead atoms. The summed E-state index contributed by atoms with van der Waals surface area (Å²) in [5, 5.41) is 3.18. The number of amides is 1. The molecular weight excluding hydrogens is 348 g/mol. The zero-order valence-corrected chi connectivity index (χ0v) is 17.3. The number of nitrogens with one attached hydrogen (secondary N) is 1. The molecule has 1 saturated heterocycles. The predicted octanol–water partition coefficient (Wildman–Crippen LogP) is 4.08. The molecule has 2 aromatic rings. The van der Waals surface area contributed by atoms with Crippen molar-refractivity contribution in [2.75, 3.05) is 13.2 Å². The van der Waals surface area contributed by atoms with Crippen LogP contribution in [0, 0.1) is 5.92 Å². The number of hydrogen-bond acceptors (Lipinski definition) is 3. The van der Waals surface area contributed by atoms with Crippen LogP contribution in [0.2, 0.25) is 0 Å². The number of carbonyl (C=O) groups is 1. The monoisotopic (exact) mass is 380 g/mol. The Balaban J connectivity index is 1.42. The highest BCUT2D eigenvalue weighted by Gasteiger charge is 2.29. The van der Waals surface area contributed by atoms with Crippen molar-refractivity contribution in [3.63, 3.8) is 0 Å². The molecule has 1 N–H and O–H groups in total. The average Bonchev–Trinajstić information content (AvgIpc) is 3.09. The van der Waals surface area contributed by atoms with Crippen molar-refractivity contribution in [3.8, 4) is 0 Å². The summed E-state index contributed by atoms with van der Waals surface area (Å²) in [7, 11) is 0. The van der Waals surface area contributed by atoms with Crippen LogP contribution in [-0.4, -0.2) is 30.1 Å². The molecule has 0 aliphatic carbocycles. The molecule has 0 spiro atoms. The Labute approximate surface area is 168 Å². The molecule has 1 aromatic heterocycles. The number of rotatable bonds is 7. The van der Waals surface area contributed by atoms with Crippen LogP contribution in [0.25, 0.3) is 0 Å². The van der Waals surface area contributed by atoms with Gasteiger partial charge < -0.3 is 10.1 Å². The van der Waals surface area contributed by atoms with Crippen LogP contribution in [0.15, 0.2) is 48.8 Å². The van der Waals surface area contributed by atoms with Crippen molar-refractivity contribution in [2.24, 2.45) is 5.92 Å². The Morgan fingerprint density at radius 2 is 1.79 bits per heavy atom. The maximum Gasteiger partial charge on any atom is 0.220 e. The van der Waals surface area contributed by atoms with Gasteiger partial charge in [-0.1, -0.05) is 45.0 Å². The summed E-state index contributed by atoms with van der Waals surface area (Å²) in [6, 6.07) is 12.9. The number of nitrogens with zero attached hydrogens (tertiary/aromatic N) is 1. The van der Waals surface area contributed by atoms with Crippen LogP contribution in [0.1, 0.15) is 50.3 Å². The Kier molecular flexibility index (Phi) is 6.84. The minimum atomic E-state index is 0.103. The molecule has 2 atom stereocenters. The summed E-state index contributed by atoms with van der Waals surface area (Å²) in [6.45, 7) is 7.98. The van der Waals surface area contributed by atoms with E-state index in [4.69, 9.17) is 4.74 Å². The molecule has 4 nitrogen and oxygen atoms in total. The first kappa shape index (κ1) is 20.5. The first-order valence-electron chi connectivity index (χ1n) is 10.3. The molecule has 1 fully saturated rings.